The zero-order valence-electron chi connectivity index (χ0n) is 17.6. The highest BCUT2D eigenvalue weighted by molar-refractivity contribution is 5.83. The number of aromatic nitrogens is 4. The minimum Gasteiger partial charge on any atom is -0.348 e. The average molecular weight is 431 g/mol. The van der Waals surface area contributed by atoms with Crippen molar-refractivity contribution in [2.45, 2.75) is 38.8 Å². The summed E-state index contributed by atoms with van der Waals surface area (Å²) in [4.78, 5) is 25.6. The van der Waals surface area contributed by atoms with Gasteiger partial charge in [0.1, 0.15) is 18.0 Å². The van der Waals surface area contributed by atoms with E-state index < -0.39 is 0 Å². The normalized spacial score (nSPS) is 15.5. The van der Waals surface area contributed by atoms with E-state index >= 15 is 0 Å². The van der Waals surface area contributed by atoms with Gasteiger partial charge >= 0.3 is 0 Å². The van der Waals surface area contributed by atoms with E-state index in [-0.39, 0.29) is 29.9 Å². The fraction of sp³-hybridized carbons (Fsp3) is 0.250. The molecule has 1 aliphatic carbocycles. The number of hydrogen-bond acceptors (Lipinski definition) is 4. The predicted octanol–water partition coefficient (Wildman–Crippen LogP) is 3.22. The number of para-hydroxylation sites is 1. The minimum absolute atomic E-state index is 0.169. The van der Waals surface area contributed by atoms with Gasteiger partial charge in [-0.1, -0.05) is 30.3 Å². The average Bonchev–Trinajstić information content (AvgIpc) is 3.23. The molecule has 8 heteroatoms. The van der Waals surface area contributed by atoms with Crippen LogP contribution in [0, 0.1) is 12.7 Å². The number of hydrogen-bond donors (Lipinski definition) is 1. The lowest BCUT2D eigenvalue weighted by Crippen LogP contribution is -2.37. The number of aryl methyl sites for hydroxylation is 1. The molecule has 32 heavy (non-hydrogen) atoms. The molecule has 1 N–H and O–H groups in total. The number of nitrogens with zero attached hydrogens (tertiary/aromatic N) is 4. The molecule has 0 spiro atoms. The summed E-state index contributed by atoms with van der Waals surface area (Å²) < 4.78 is 17.1. The van der Waals surface area contributed by atoms with Crippen molar-refractivity contribution in [1.82, 2.24) is 24.9 Å². The molecular weight excluding hydrogens is 409 g/mol. The Bertz CT molecular complexity index is 1390. The molecule has 0 saturated carbocycles. The lowest BCUT2D eigenvalue weighted by molar-refractivity contribution is -0.122. The molecule has 4 aromatic rings. The van der Waals surface area contributed by atoms with Gasteiger partial charge in [-0.2, -0.15) is 10.2 Å². The van der Waals surface area contributed by atoms with Gasteiger partial charge in [0.05, 0.1) is 23.3 Å². The number of carbonyl (C=O) groups excluding carboxylic acids is 1. The number of nitrogens with one attached hydrogen (secondary N) is 1. The third-order valence-corrected chi connectivity index (χ3v) is 5.94. The van der Waals surface area contributed by atoms with E-state index in [0.29, 0.717) is 16.8 Å². The summed E-state index contributed by atoms with van der Waals surface area (Å²) in [6, 6.07) is 13.5. The van der Waals surface area contributed by atoms with Crippen LogP contribution in [-0.4, -0.2) is 25.5 Å². The zero-order chi connectivity index (χ0) is 22.2. The fourth-order valence-electron chi connectivity index (χ4n) is 4.43. The molecule has 1 amide bonds. The molecule has 0 saturated heterocycles. The van der Waals surface area contributed by atoms with E-state index in [9.17, 15) is 14.0 Å². The van der Waals surface area contributed by atoms with Crippen molar-refractivity contribution in [1.29, 1.82) is 0 Å². The third-order valence-electron chi connectivity index (χ3n) is 5.94. The van der Waals surface area contributed by atoms with E-state index in [2.05, 4.69) is 15.5 Å². The second-order valence-electron chi connectivity index (χ2n) is 8.02. The van der Waals surface area contributed by atoms with Gasteiger partial charge in [0.2, 0.25) is 5.91 Å². The number of fused-ring (bicyclic) bond motifs is 2. The summed E-state index contributed by atoms with van der Waals surface area (Å²) in [7, 11) is 0. The first kappa shape index (κ1) is 20.1. The molecule has 2 heterocycles. The first-order valence-electron chi connectivity index (χ1n) is 10.6. The summed E-state index contributed by atoms with van der Waals surface area (Å²) in [5.74, 6) is -0.646. The molecule has 0 aliphatic heterocycles. The highest BCUT2D eigenvalue weighted by Crippen LogP contribution is 2.31. The van der Waals surface area contributed by atoms with Gasteiger partial charge in [0.15, 0.2) is 0 Å². The van der Waals surface area contributed by atoms with Gasteiger partial charge in [0.25, 0.3) is 5.56 Å². The molecule has 2 aromatic heterocycles. The fourth-order valence-corrected chi connectivity index (χ4v) is 4.43. The molecule has 0 bridgehead atoms. The van der Waals surface area contributed by atoms with Crippen molar-refractivity contribution in [3.63, 3.8) is 0 Å². The summed E-state index contributed by atoms with van der Waals surface area (Å²) in [5.41, 5.74) is 2.56. The van der Waals surface area contributed by atoms with Crippen LogP contribution >= 0.6 is 0 Å². The van der Waals surface area contributed by atoms with Crippen molar-refractivity contribution in [2.75, 3.05) is 0 Å². The molecule has 2 aromatic carbocycles. The van der Waals surface area contributed by atoms with Crippen molar-refractivity contribution in [3.05, 3.63) is 87.9 Å². The molecule has 162 valence electrons. The van der Waals surface area contributed by atoms with Crippen LogP contribution in [0.1, 0.15) is 35.8 Å². The van der Waals surface area contributed by atoms with Crippen LogP contribution in [0.5, 0.6) is 0 Å². The first-order valence-corrected chi connectivity index (χ1v) is 10.6. The maximum Gasteiger partial charge on any atom is 0.275 e. The molecule has 1 aliphatic rings. The highest BCUT2D eigenvalue weighted by atomic mass is 19.1. The Labute approximate surface area is 183 Å². The van der Waals surface area contributed by atoms with Crippen molar-refractivity contribution >= 4 is 16.7 Å². The van der Waals surface area contributed by atoms with Gasteiger partial charge < -0.3 is 5.32 Å². The topological polar surface area (TPSA) is 81.8 Å². The van der Waals surface area contributed by atoms with E-state index in [4.69, 9.17) is 0 Å². The smallest absolute Gasteiger partial charge is 0.275 e. The third kappa shape index (κ3) is 3.47. The molecule has 5 rings (SSSR count). The lowest BCUT2D eigenvalue weighted by Gasteiger charge is -2.24. The summed E-state index contributed by atoms with van der Waals surface area (Å²) in [5, 5.41) is 13.0. The Morgan fingerprint density at radius 3 is 2.72 bits per heavy atom. The second-order valence-corrected chi connectivity index (χ2v) is 8.02. The molecule has 1 atom stereocenters. The SMILES string of the molecule is Cc1nn(CC(=O)NC2CCCc3c2cnn3-c2ccccc2F)c(=O)c2ccccc12. The van der Waals surface area contributed by atoms with Crippen LogP contribution in [0.25, 0.3) is 16.5 Å². The summed E-state index contributed by atoms with van der Waals surface area (Å²) in [6.07, 6.45) is 4.03. The van der Waals surface area contributed by atoms with Crippen LogP contribution < -0.4 is 10.9 Å². The quantitative estimate of drug-likeness (QED) is 0.538. The number of carbonyl (C=O) groups is 1. The molecular formula is C24H22FN5O2. The lowest BCUT2D eigenvalue weighted by atomic mass is 9.93. The Morgan fingerprint density at radius 2 is 1.91 bits per heavy atom. The van der Waals surface area contributed by atoms with Gasteiger partial charge in [-0.3, -0.25) is 9.59 Å². The standard InChI is InChI=1S/C24H22FN5O2/c1-15-16-7-2-3-8-17(16)24(32)29(28-15)14-23(31)27-20-10-6-12-21-18(20)13-26-30(21)22-11-5-4-9-19(22)25/h2-5,7-9,11,13,20H,6,10,12,14H2,1H3,(H,27,31). The summed E-state index contributed by atoms with van der Waals surface area (Å²) >= 11 is 0. The largest absolute Gasteiger partial charge is 0.348 e. The van der Waals surface area contributed by atoms with Crippen molar-refractivity contribution in [2.24, 2.45) is 0 Å². The van der Waals surface area contributed by atoms with Crippen LogP contribution in [0.15, 0.2) is 59.5 Å². The number of halogens is 1. The number of rotatable bonds is 4. The minimum atomic E-state index is -0.346. The zero-order valence-corrected chi connectivity index (χ0v) is 17.6. The van der Waals surface area contributed by atoms with E-state index in [0.717, 1.165) is 35.9 Å². The Morgan fingerprint density at radius 1 is 1.16 bits per heavy atom. The van der Waals surface area contributed by atoms with E-state index in [1.54, 1.807) is 41.2 Å². The van der Waals surface area contributed by atoms with Crippen LogP contribution in [0.3, 0.4) is 0 Å². The maximum atomic E-state index is 14.3. The Balaban J connectivity index is 1.39. The van der Waals surface area contributed by atoms with Crippen LogP contribution in [-0.2, 0) is 17.8 Å². The molecule has 1 unspecified atom stereocenters. The van der Waals surface area contributed by atoms with Crippen LogP contribution in [0.4, 0.5) is 4.39 Å². The number of amides is 1. The molecule has 7 nitrogen and oxygen atoms in total. The Hall–Kier alpha value is -3.81. The van der Waals surface area contributed by atoms with Crippen molar-refractivity contribution in [3.8, 4) is 5.69 Å². The van der Waals surface area contributed by atoms with Crippen LogP contribution in [0.2, 0.25) is 0 Å². The first-order chi connectivity index (χ1) is 15.5. The van der Waals surface area contributed by atoms with E-state index in [1.165, 1.54) is 10.7 Å². The van der Waals surface area contributed by atoms with Gasteiger partial charge in [-0.05, 0) is 44.4 Å². The number of benzene rings is 2. The predicted molar refractivity (Wildman–Crippen MR) is 118 cm³/mol. The monoisotopic (exact) mass is 431 g/mol. The van der Waals surface area contributed by atoms with Crippen molar-refractivity contribution < 1.29 is 9.18 Å². The van der Waals surface area contributed by atoms with Gasteiger partial charge in [0, 0.05) is 16.6 Å². The Kier molecular flexibility index (Phi) is 5.05. The molecule has 0 radical (unpaired) electrons. The van der Waals surface area contributed by atoms with Gasteiger partial charge in [-0.15, -0.1) is 0 Å². The maximum absolute atomic E-state index is 14.3. The highest BCUT2D eigenvalue weighted by Gasteiger charge is 2.27. The van der Waals surface area contributed by atoms with Gasteiger partial charge in [-0.25, -0.2) is 13.8 Å². The van der Waals surface area contributed by atoms with E-state index in [1.807, 2.05) is 19.1 Å². The second kappa shape index (κ2) is 8.03. The summed E-state index contributed by atoms with van der Waals surface area (Å²) in [6.45, 7) is 1.65. The molecule has 0 fully saturated rings.